The van der Waals surface area contributed by atoms with Crippen molar-refractivity contribution in [2.75, 3.05) is 31.6 Å². The van der Waals surface area contributed by atoms with Crippen molar-refractivity contribution in [1.82, 2.24) is 14.5 Å². The van der Waals surface area contributed by atoms with Crippen molar-refractivity contribution in [3.05, 3.63) is 69.9 Å². The number of thioether (sulfide) groups is 1. The first-order valence-corrected chi connectivity index (χ1v) is 12.2. The highest BCUT2D eigenvalue weighted by atomic mass is 32.2. The number of hydrogen-bond donors (Lipinski definition) is 0. The first-order chi connectivity index (χ1) is 16.1. The fourth-order valence-electron chi connectivity index (χ4n) is 5.42. The smallest absolute Gasteiger partial charge is 0.251 e. The summed E-state index contributed by atoms with van der Waals surface area (Å²) >= 11 is 1.62. The molecule has 1 fully saturated rings. The van der Waals surface area contributed by atoms with E-state index >= 15 is 0 Å². The Morgan fingerprint density at radius 3 is 2.91 bits per heavy atom. The number of likely N-dealkylation sites (tertiary alicyclic amines) is 1. The zero-order valence-corrected chi connectivity index (χ0v) is 19.2. The number of rotatable bonds is 4. The number of fused-ring (bicyclic) bond motifs is 1. The van der Waals surface area contributed by atoms with Gasteiger partial charge in [0.25, 0.3) is 5.56 Å². The Balaban J connectivity index is 1.13. The minimum absolute atomic E-state index is 0.00741. The van der Waals surface area contributed by atoms with Crippen LogP contribution in [0.2, 0.25) is 0 Å². The zero-order chi connectivity index (χ0) is 22.5. The van der Waals surface area contributed by atoms with Gasteiger partial charge in [0.1, 0.15) is 5.82 Å². The third kappa shape index (κ3) is 3.61. The summed E-state index contributed by atoms with van der Waals surface area (Å²) in [5, 5.41) is 2.86. The Hall–Kier alpha value is -2.84. The van der Waals surface area contributed by atoms with E-state index in [2.05, 4.69) is 27.9 Å². The van der Waals surface area contributed by atoms with E-state index in [1.807, 2.05) is 11.6 Å². The van der Waals surface area contributed by atoms with Crippen LogP contribution in [-0.2, 0) is 6.54 Å². The van der Waals surface area contributed by atoms with Crippen molar-refractivity contribution >= 4 is 28.4 Å². The van der Waals surface area contributed by atoms with Crippen LogP contribution >= 0.6 is 11.8 Å². The summed E-state index contributed by atoms with van der Waals surface area (Å²) in [4.78, 5) is 22.6. The van der Waals surface area contributed by atoms with Crippen LogP contribution in [-0.4, -0.2) is 47.2 Å². The highest BCUT2D eigenvalue weighted by Crippen LogP contribution is 2.37. The Labute approximate surface area is 195 Å². The van der Waals surface area contributed by atoms with Crippen molar-refractivity contribution in [1.29, 1.82) is 0 Å². The lowest BCUT2D eigenvalue weighted by Gasteiger charge is -2.38. The van der Waals surface area contributed by atoms with Gasteiger partial charge >= 0.3 is 0 Å². The largest absolute Gasteiger partial charge is 0.445 e. The third-order valence-corrected chi connectivity index (χ3v) is 7.97. The lowest BCUT2D eigenvalue weighted by atomic mass is 9.96. The van der Waals surface area contributed by atoms with E-state index < -0.39 is 0 Å². The molecule has 3 aliphatic heterocycles. The summed E-state index contributed by atoms with van der Waals surface area (Å²) < 4.78 is 22.0. The van der Waals surface area contributed by atoms with Crippen molar-refractivity contribution in [3.8, 4) is 5.88 Å². The molecule has 1 aromatic carbocycles. The lowest BCUT2D eigenvalue weighted by molar-refractivity contribution is 0.196. The van der Waals surface area contributed by atoms with E-state index in [4.69, 9.17) is 4.74 Å². The predicted octanol–water partition coefficient (Wildman–Crippen LogP) is 4.19. The van der Waals surface area contributed by atoms with Gasteiger partial charge in [-0.25, -0.2) is 9.37 Å². The van der Waals surface area contributed by atoms with Gasteiger partial charge in [0.05, 0.1) is 28.6 Å². The summed E-state index contributed by atoms with van der Waals surface area (Å²) in [5.74, 6) is 0.469. The standard InChI is InChI=1S/C25H25FN4O2S/c1-28(19-12-21-25(27-13-19)32-10-11-33-21)18-6-8-29(9-7-18)14-17-15-30-22(31)5-3-16-2-4-20(26)23(17)24(16)30/h2-5,10-13,17-18H,6-9,14-15H2,1H3. The maximum atomic E-state index is 14.8. The molecule has 0 saturated carbocycles. The van der Waals surface area contributed by atoms with Crippen LogP contribution in [0.1, 0.15) is 24.3 Å². The molecule has 0 radical (unpaired) electrons. The normalized spacial score (nSPS) is 20.1. The zero-order valence-electron chi connectivity index (χ0n) is 18.4. The van der Waals surface area contributed by atoms with E-state index in [1.54, 1.807) is 40.8 Å². The number of ether oxygens (including phenoxy) is 1. The quantitative estimate of drug-likeness (QED) is 0.577. The van der Waals surface area contributed by atoms with Crippen LogP contribution < -0.4 is 15.2 Å². The first-order valence-electron chi connectivity index (χ1n) is 11.3. The van der Waals surface area contributed by atoms with Gasteiger partial charge < -0.3 is 19.1 Å². The number of benzene rings is 1. The summed E-state index contributed by atoms with van der Waals surface area (Å²) in [6.07, 6.45) is 5.60. The van der Waals surface area contributed by atoms with Crippen LogP contribution in [0, 0.1) is 5.82 Å². The van der Waals surface area contributed by atoms with Gasteiger partial charge in [-0.15, -0.1) is 0 Å². The predicted molar refractivity (Wildman–Crippen MR) is 129 cm³/mol. The molecule has 3 aromatic rings. The number of halogens is 1. The fourth-order valence-corrected chi connectivity index (χ4v) is 6.07. The number of piperidine rings is 1. The summed E-state index contributed by atoms with van der Waals surface area (Å²) in [6, 6.07) is 9.26. The number of pyridine rings is 2. The summed E-state index contributed by atoms with van der Waals surface area (Å²) in [5.41, 5.74) is 2.53. The van der Waals surface area contributed by atoms with Gasteiger partial charge in [-0.1, -0.05) is 11.8 Å². The SMILES string of the molecule is CN(c1cnc2c(c1)SC=CO2)C1CCN(CC2Cn3c(=O)ccc4ccc(F)c2c43)CC1. The molecule has 0 amide bonds. The number of anilines is 1. The number of nitrogens with zero attached hydrogens (tertiary/aromatic N) is 4. The Morgan fingerprint density at radius 2 is 2.06 bits per heavy atom. The Kier molecular flexibility index (Phi) is 5.14. The van der Waals surface area contributed by atoms with Crippen LogP contribution in [0.3, 0.4) is 0 Å². The molecule has 1 unspecified atom stereocenters. The molecule has 0 aliphatic carbocycles. The lowest BCUT2D eigenvalue weighted by Crippen LogP contribution is -2.44. The molecule has 6 nitrogen and oxygen atoms in total. The van der Waals surface area contributed by atoms with E-state index in [1.165, 1.54) is 6.07 Å². The van der Waals surface area contributed by atoms with Crippen LogP contribution in [0.15, 0.2) is 57.9 Å². The average molecular weight is 465 g/mol. The number of aromatic nitrogens is 2. The van der Waals surface area contributed by atoms with Crippen LogP contribution in [0.5, 0.6) is 5.88 Å². The first kappa shape index (κ1) is 20.7. The van der Waals surface area contributed by atoms with E-state index in [9.17, 15) is 9.18 Å². The molecular formula is C25H25FN4O2S. The summed E-state index contributed by atoms with van der Waals surface area (Å²) in [6.45, 7) is 3.23. The maximum absolute atomic E-state index is 14.8. The monoisotopic (exact) mass is 464 g/mol. The minimum Gasteiger partial charge on any atom is -0.445 e. The van der Waals surface area contributed by atoms with Gasteiger partial charge in [-0.05, 0) is 42.5 Å². The minimum atomic E-state index is -0.199. The maximum Gasteiger partial charge on any atom is 0.251 e. The van der Waals surface area contributed by atoms with Crippen molar-refractivity contribution < 1.29 is 9.13 Å². The molecule has 2 aromatic heterocycles. The molecule has 5 heterocycles. The molecule has 1 atom stereocenters. The van der Waals surface area contributed by atoms with Gasteiger partial charge in [0.15, 0.2) is 0 Å². The molecule has 1 saturated heterocycles. The fraction of sp³-hybridized carbons (Fsp3) is 0.360. The molecule has 3 aliphatic rings. The Bertz CT molecular complexity index is 1320. The van der Waals surface area contributed by atoms with Crippen LogP contribution in [0.4, 0.5) is 10.1 Å². The number of hydrogen-bond acceptors (Lipinski definition) is 6. The second-order valence-electron chi connectivity index (χ2n) is 9.03. The van der Waals surface area contributed by atoms with Crippen molar-refractivity contribution in [2.24, 2.45) is 0 Å². The molecule has 0 N–H and O–H groups in total. The van der Waals surface area contributed by atoms with Crippen LogP contribution in [0.25, 0.3) is 10.9 Å². The average Bonchev–Trinajstić information content (AvgIpc) is 3.24. The highest BCUT2D eigenvalue weighted by Gasteiger charge is 2.32. The molecule has 6 rings (SSSR count). The molecule has 170 valence electrons. The molecule has 0 spiro atoms. The highest BCUT2D eigenvalue weighted by molar-refractivity contribution is 8.02. The summed E-state index contributed by atoms with van der Waals surface area (Å²) in [7, 11) is 2.13. The molecule has 8 heteroatoms. The second-order valence-corrected chi connectivity index (χ2v) is 9.97. The van der Waals surface area contributed by atoms with Gasteiger partial charge in [-0.2, -0.15) is 0 Å². The molecular weight excluding hydrogens is 439 g/mol. The van der Waals surface area contributed by atoms with E-state index in [-0.39, 0.29) is 17.3 Å². The topological polar surface area (TPSA) is 50.6 Å². The van der Waals surface area contributed by atoms with Gasteiger partial charge in [-0.3, -0.25) is 4.79 Å². The second kappa shape index (κ2) is 8.18. The van der Waals surface area contributed by atoms with E-state index in [0.29, 0.717) is 24.0 Å². The van der Waals surface area contributed by atoms with E-state index in [0.717, 1.165) is 54.0 Å². The van der Waals surface area contributed by atoms with Gasteiger partial charge in [0, 0.05) is 62.2 Å². The Morgan fingerprint density at radius 1 is 1.24 bits per heavy atom. The van der Waals surface area contributed by atoms with Crippen molar-refractivity contribution in [2.45, 2.75) is 36.2 Å². The molecule has 33 heavy (non-hydrogen) atoms. The van der Waals surface area contributed by atoms with Crippen molar-refractivity contribution in [3.63, 3.8) is 0 Å². The molecule has 0 bridgehead atoms. The van der Waals surface area contributed by atoms with Gasteiger partial charge in [0.2, 0.25) is 5.88 Å². The third-order valence-electron chi connectivity index (χ3n) is 7.17.